The monoisotopic (exact) mass is 595 g/mol. The van der Waals surface area contributed by atoms with Crippen molar-refractivity contribution < 1.29 is 19.4 Å². The van der Waals surface area contributed by atoms with Crippen LogP contribution in [-0.2, 0) is 29.1 Å². The number of hydrogen-bond acceptors (Lipinski definition) is 6. The van der Waals surface area contributed by atoms with Crippen LogP contribution in [0.15, 0.2) is 48.5 Å². The highest BCUT2D eigenvalue weighted by Crippen LogP contribution is 2.62. The van der Waals surface area contributed by atoms with Crippen LogP contribution in [0.25, 0.3) is 11.3 Å². The van der Waals surface area contributed by atoms with Crippen molar-refractivity contribution in [1.29, 1.82) is 0 Å². The summed E-state index contributed by atoms with van der Waals surface area (Å²) in [6.07, 6.45) is 8.68. The molecule has 4 aliphatic rings. The van der Waals surface area contributed by atoms with E-state index in [1.165, 1.54) is 54.4 Å². The third-order valence-electron chi connectivity index (χ3n) is 10.9. The van der Waals surface area contributed by atoms with E-state index in [9.17, 15) is 9.90 Å². The number of fused-ring (bicyclic) bond motifs is 2. The minimum Gasteiger partial charge on any atom is -0.488 e. The number of benzene rings is 2. The molecule has 7 nitrogen and oxygen atoms in total. The van der Waals surface area contributed by atoms with E-state index >= 15 is 0 Å². The van der Waals surface area contributed by atoms with Gasteiger partial charge in [-0.2, -0.15) is 0 Å². The molecule has 44 heavy (non-hydrogen) atoms. The molecule has 232 valence electrons. The van der Waals surface area contributed by atoms with Gasteiger partial charge in [-0.05, 0) is 91.5 Å². The van der Waals surface area contributed by atoms with Crippen molar-refractivity contribution in [2.75, 3.05) is 31.7 Å². The smallest absolute Gasteiger partial charge is 0.312 e. The predicted octanol–water partition coefficient (Wildman–Crippen LogP) is 6.56. The fourth-order valence-electron chi connectivity index (χ4n) is 8.42. The SMILES string of the molecule is COC[C@@H]1N(c2cccc(-c3cccc(C)c3OCc3cc(C)c4c(c3)CCN(C3CCCCC3)C4)n2)C[C@H]2C[C@]21C(=O)O. The van der Waals surface area contributed by atoms with Crippen LogP contribution in [0.1, 0.15) is 66.3 Å². The van der Waals surface area contributed by atoms with Gasteiger partial charge < -0.3 is 19.5 Å². The first-order valence-electron chi connectivity index (χ1n) is 16.4. The summed E-state index contributed by atoms with van der Waals surface area (Å²) < 4.78 is 12.1. The van der Waals surface area contributed by atoms with E-state index in [4.69, 9.17) is 14.5 Å². The number of pyridine rings is 1. The second-order valence-corrected chi connectivity index (χ2v) is 13.6. The van der Waals surface area contributed by atoms with Gasteiger partial charge in [0.2, 0.25) is 0 Å². The molecule has 3 aromatic rings. The Hall–Kier alpha value is -3.42. The van der Waals surface area contributed by atoms with Crippen LogP contribution in [0, 0.1) is 25.2 Å². The Morgan fingerprint density at radius 1 is 1.07 bits per heavy atom. The van der Waals surface area contributed by atoms with E-state index in [2.05, 4.69) is 47.9 Å². The molecular weight excluding hydrogens is 550 g/mol. The maximum atomic E-state index is 12.2. The van der Waals surface area contributed by atoms with Crippen LogP contribution in [-0.4, -0.2) is 59.8 Å². The van der Waals surface area contributed by atoms with Gasteiger partial charge in [0.05, 0.1) is 23.8 Å². The van der Waals surface area contributed by atoms with Crippen molar-refractivity contribution in [2.24, 2.45) is 11.3 Å². The summed E-state index contributed by atoms with van der Waals surface area (Å²) in [5.74, 6) is 1.04. The largest absolute Gasteiger partial charge is 0.488 e. The number of para-hydroxylation sites is 1. The van der Waals surface area contributed by atoms with Crippen LogP contribution in [0.2, 0.25) is 0 Å². The highest BCUT2D eigenvalue weighted by molar-refractivity contribution is 5.82. The molecule has 2 aromatic carbocycles. The second-order valence-electron chi connectivity index (χ2n) is 13.6. The van der Waals surface area contributed by atoms with Gasteiger partial charge in [-0.15, -0.1) is 0 Å². The molecule has 2 aliphatic carbocycles. The number of methoxy groups -OCH3 is 1. The minimum absolute atomic E-state index is 0.138. The Bertz CT molecular complexity index is 1550. The first-order chi connectivity index (χ1) is 21.4. The van der Waals surface area contributed by atoms with E-state index in [1.54, 1.807) is 7.11 Å². The molecule has 0 radical (unpaired) electrons. The van der Waals surface area contributed by atoms with Crippen LogP contribution >= 0.6 is 0 Å². The summed E-state index contributed by atoms with van der Waals surface area (Å²) in [5.41, 5.74) is 7.68. The molecule has 2 aliphatic heterocycles. The lowest BCUT2D eigenvalue weighted by atomic mass is 9.89. The Labute approximate surface area is 261 Å². The van der Waals surface area contributed by atoms with E-state index < -0.39 is 11.4 Å². The molecule has 0 amide bonds. The normalized spacial score (nSPS) is 25.0. The lowest BCUT2D eigenvalue weighted by molar-refractivity contribution is -0.144. The predicted molar refractivity (Wildman–Crippen MR) is 172 cm³/mol. The van der Waals surface area contributed by atoms with Crippen LogP contribution in [0.3, 0.4) is 0 Å². The number of piperidine rings is 1. The number of aromatic nitrogens is 1. The van der Waals surface area contributed by atoms with Crippen LogP contribution in [0.5, 0.6) is 5.75 Å². The van der Waals surface area contributed by atoms with Crippen LogP contribution < -0.4 is 9.64 Å². The Kier molecular flexibility index (Phi) is 7.87. The molecule has 0 spiro atoms. The fraction of sp³-hybridized carbons (Fsp3) is 0.514. The Morgan fingerprint density at radius 2 is 1.89 bits per heavy atom. The number of carboxylic acids is 1. The van der Waals surface area contributed by atoms with Crippen molar-refractivity contribution in [2.45, 2.75) is 84.0 Å². The topological polar surface area (TPSA) is 75.1 Å². The zero-order valence-corrected chi connectivity index (χ0v) is 26.3. The van der Waals surface area contributed by atoms with Crippen molar-refractivity contribution in [3.8, 4) is 17.0 Å². The highest BCUT2D eigenvalue weighted by Gasteiger charge is 2.71. The minimum atomic E-state index is -0.730. The van der Waals surface area contributed by atoms with Gasteiger partial charge in [-0.3, -0.25) is 9.69 Å². The average Bonchev–Trinajstić information content (AvgIpc) is 3.69. The Balaban J connectivity index is 1.10. The third-order valence-corrected chi connectivity index (χ3v) is 10.9. The molecule has 3 heterocycles. The second kappa shape index (κ2) is 11.8. The zero-order chi connectivity index (χ0) is 30.4. The lowest BCUT2D eigenvalue weighted by Crippen LogP contribution is -2.43. The molecule has 3 fully saturated rings. The van der Waals surface area contributed by atoms with Gasteiger partial charge in [-0.1, -0.05) is 49.6 Å². The molecule has 2 saturated carbocycles. The number of aryl methyl sites for hydroxylation is 2. The first-order valence-corrected chi connectivity index (χ1v) is 16.4. The molecular formula is C37H45N3O4. The molecule has 3 atom stereocenters. The average molecular weight is 596 g/mol. The zero-order valence-electron chi connectivity index (χ0n) is 26.3. The van der Waals surface area contributed by atoms with Gasteiger partial charge in [-0.25, -0.2) is 4.98 Å². The summed E-state index contributed by atoms with van der Waals surface area (Å²) in [6, 6.07) is 17.4. The van der Waals surface area contributed by atoms with Gasteiger partial charge >= 0.3 is 5.97 Å². The molecule has 0 unspecified atom stereocenters. The van der Waals surface area contributed by atoms with Gasteiger partial charge in [0.15, 0.2) is 0 Å². The number of nitrogens with zero attached hydrogens (tertiary/aromatic N) is 3. The first kappa shape index (κ1) is 29.3. The summed E-state index contributed by atoms with van der Waals surface area (Å²) in [6.45, 7) is 8.13. The standard InChI is InChI=1S/C37H45N3O4/c1-24-9-7-12-30(32-13-8-14-34(38-32)40-20-28-19-37(28,36(41)42)33(40)23-43-3)35(24)44-22-26-17-25(2)31-21-39(16-15-27(31)18-26)29-10-5-4-6-11-29/h7-9,12-14,17-18,28-29,33H,4-6,10-11,15-16,19-23H2,1-3H3,(H,41,42)/t28-,33+,37+/m1/s1. The van der Waals surface area contributed by atoms with Gasteiger partial charge in [0.25, 0.3) is 0 Å². The number of carbonyl (C=O) groups is 1. The third kappa shape index (κ3) is 5.18. The van der Waals surface area contributed by atoms with Crippen molar-refractivity contribution in [3.05, 3.63) is 76.3 Å². The highest BCUT2D eigenvalue weighted by atomic mass is 16.5. The lowest BCUT2D eigenvalue weighted by Gasteiger charge is -2.38. The maximum Gasteiger partial charge on any atom is 0.312 e. The van der Waals surface area contributed by atoms with Gasteiger partial charge in [0.1, 0.15) is 18.2 Å². The van der Waals surface area contributed by atoms with E-state index in [1.807, 2.05) is 24.3 Å². The molecule has 1 saturated heterocycles. The maximum absolute atomic E-state index is 12.2. The molecule has 0 bridgehead atoms. The van der Waals surface area contributed by atoms with Gasteiger partial charge in [0, 0.05) is 38.3 Å². The van der Waals surface area contributed by atoms with Crippen molar-refractivity contribution in [1.82, 2.24) is 9.88 Å². The molecule has 1 N–H and O–H groups in total. The number of hydrogen-bond donors (Lipinski definition) is 1. The summed E-state index contributed by atoms with van der Waals surface area (Å²) >= 11 is 0. The molecule has 7 heteroatoms. The van der Waals surface area contributed by atoms with Crippen LogP contribution in [0.4, 0.5) is 5.82 Å². The summed E-state index contributed by atoms with van der Waals surface area (Å²) in [4.78, 5) is 22.2. The molecule has 1 aromatic heterocycles. The quantitative estimate of drug-likeness (QED) is 0.300. The number of ether oxygens (including phenoxy) is 2. The fourth-order valence-corrected chi connectivity index (χ4v) is 8.42. The number of carboxylic acid groups (broad SMARTS) is 1. The number of rotatable bonds is 9. The van der Waals surface area contributed by atoms with Crippen molar-refractivity contribution in [3.63, 3.8) is 0 Å². The van der Waals surface area contributed by atoms with Crippen molar-refractivity contribution >= 4 is 11.8 Å². The van der Waals surface area contributed by atoms with E-state index in [0.717, 1.165) is 53.9 Å². The summed E-state index contributed by atoms with van der Waals surface area (Å²) in [7, 11) is 1.64. The number of anilines is 1. The number of aliphatic carboxylic acids is 1. The molecule has 7 rings (SSSR count). The van der Waals surface area contributed by atoms with E-state index in [-0.39, 0.29) is 12.0 Å². The van der Waals surface area contributed by atoms with E-state index in [0.29, 0.717) is 26.2 Å². The summed E-state index contributed by atoms with van der Waals surface area (Å²) in [5, 5.41) is 10.1. The Morgan fingerprint density at radius 3 is 2.68 bits per heavy atom.